The van der Waals surface area contributed by atoms with Gasteiger partial charge in [-0.15, -0.1) is 0 Å². The molecule has 0 spiro atoms. The SMILES string of the molecule is CCCCN(C)C(=O)C1CCN(S(=O)(=O)c2ccc3c(c2)C[C@H](C)N3C(=O)C2CC2)CC1. The maximum atomic E-state index is 13.3. The molecule has 176 valence electrons. The fourth-order valence-electron chi connectivity index (χ4n) is 4.94. The molecule has 0 radical (unpaired) electrons. The molecule has 7 nitrogen and oxygen atoms in total. The summed E-state index contributed by atoms with van der Waals surface area (Å²) in [5.74, 6) is 0.327. The number of amides is 2. The summed E-state index contributed by atoms with van der Waals surface area (Å²) in [6.07, 6.45) is 5.72. The molecule has 4 rings (SSSR count). The van der Waals surface area contributed by atoms with Crippen molar-refractivity contribution in [2.75, 3.05) is 31.6 Å². The van der Waals surface area contributed by atoms with E-state index in [1.807, 2.05) is 18.9 Å². The van der Waals surface area contributed by atoms with E-state index in [9.17, 15) is 18.0 Å². The van der Waals surface area contributed by atoms with Gasteiger partial charge in [-0.3, -0.25) is 9.59 Å². The second-order valence-corrected chi connectivity index (χ2v) is 11.6. The Kier molecular flexibility index (Phi) is 6.63. The van der Waals surface area contributed by atoms with Crippen LogP contribution in [0.4, 0.5) is 5.69 Å². The number of unbranched alkanes of at least 4 members (excludes halogenated alkanes) is 1. The Morgan fingerprint density at radius 3 is 2.41 bits per heavy atom. The number of sulfonamides is 1. The first kappa shape index (κ1) is 23.2. The van der Waals surface area contributed by atoms with Crippen molar-refractivity contribution in [1.82, 2.24) is 9.21 Å². The molecule has 2 amide bonds. The molecule has 0 bridgehead atoms. The number of anilines is 1. The van der Waals surface area contributed by atoms with Gasteiger partial charge in [0.15, 0.2) is 0 Å². The van der Waals surface area contributed by atoms with Gasteiger partial charge in [-0.05, 0) is 69.2 Å². The minimum atomic E-state index is -3.62. The minimum absolute atomic E-state index is 0.0579. The number of fused-ring (bicyclic) bond motifs is 1. The Hall–Kier alpha value is -1.93. The summed E-state index contributed by atoms with van der Waals surface area (Å²) in [6, 6.07) is 5.24. The van der Waals surface area contributed by atoms with Gasteiger partial charge in [-0.1, -0.05) is 13.3 Å². The molecular weight excluding hydrogens is 426 g/mol. The van der Waals surface area contributed by atoms with Crippen LogP contribution in [0.25, 0.3) is 0 Å². The summed E-state index contributed by atoms with van der Waals surface area (Å²) in [5, 5.41) is 0. The molecule has 0 aromatic heterocycles. The summed E-state index contributed by atoms with van der Waals surface area (Å²) < 4.78 is 28.1. The van der Waals surface area contributed by atoms with Crippen molar-refractivity contribution in [3.8, 4) is 0 Å². The molecule has 0 unspecified atom stereocenters. The van der Waals surface area contributed by atoms with Crippen LogP contribution >= 0.6 is 0 Å². The van der Waals surface area contributed by atoms with Crippen LogP contribution in [0.5, 0.6) is 0 Å². The number of benzene rings is 1. The van der Waals surface area contributed by atoms with Crippen molar-refractivity contribution in [1.29, 1.82) is 0 Å². The number of piperidine rings is 1. The average molecular weight is 462 g/mol. The maximum absolute atomic E-state index is 13.3. The van der Waals surface area contributed by atoms with Crippen molar-refractivity contribution in [3.63, 3.8) is 0 Å². The summed E-state index contributed by atoms with van der Waals surface area (Å²) in [6.45, 7) is 5.60. The van der Waals surface area contributed by atoms with Crippen LogP contribution in [0.1, 0.15) is 57.9 Å². The lowest BCUT2D eigenvalue weighted by molar-refractivity contribution is -0.135. The molecule has 1 saturated heterocycles. The quantitative estimate of drug-likeness (QED) is 0.625. The zero-order valence-electron chi connectivity index (χ0n) is 19.4. The van der Waals surface area contributed by atoms with Crippen LogP contribution in [0.15, 0.2) is 23.1 Å². The maximum Gasteiger partial charge on any atom is 0.243 e. The predicted octanol–water partition coefficient (Wildman–Crippen LogP) is 3.03. The third-order valence-corrected chi connectivity index (χ3v) is 8.99. The smallest absolute Gasteiger partial charge is 0.243 e. The number of carbonyl (C=O) groups excluding carboxylic acids is 2. The normalized spacial score (nSPS) is 22.1. The highest BCUT2D eigenvalue weighted by Crippen LogP contribution is 2.40. The molecular formula is C24H35N3O4S. The molecule has 0 N–H and O–H groups in total. The van der Waals surface area contributed by atoms with Gasteiger partial charge in [-0.2, -0.15) is 4.31 Å². The first-order chi connectivity index (χ1) is 15.2. The van der Waals surface area contributed by atoms with Gasteiger partial charge in [-0.25, -0.2) is 8.42 Å². The molecule has 1 aliphatic carbocycles. The predicted molar refractivity (Wildman–Crippen MR) is 124 cm³/mol. The third-order valence-electron chi connectivity index (χ3n) is 7.09. The molecule has 3 aliphatic rings. The molecule has 32 heavy (non-hydrogen) atoms. The molecule has 2 aliphatic heterocycles. The minimum Gasteiger partial charge on any atom is -0.346 e. The van der Waals surface area contributed by atoms with Crippen LogP contribution in [0.3, 0.4) is 0 Å². The Morgan fingerprint density at radius 2 is 1.78 bits per heavy atom. The second-order valence-electron chi connectivity index (χ2n) is 9.62. The topological polar surface area (TPSA) is 78.0 Å². The third kappa shape index (κ3) is 4.44. The number of rotatable bonds is 7. The summed E-state index contributed by atoms with van der Waals surface area (Å²) in [4.78, 5) is 29.3. The Labute approximate surface area is 191 Å². The molecule has 1 aromatic rings. The molecule has 8 heteroatoms. The summed E-state index contributed by atoms with van der Waals surface area (Å²) in [7, 11) is -1.78. The first-order valence-corrected chi connectivity index (χ1v) is 13.4. The standard InChI is InChI=1S/C24H35N3O4S/c1-4-5-12-25(3)23(28)19-10-13-26(14-11-19)32(30,31)21-8-9-22-20(16-21)15-17(2)27(22)24(29)18-6-7-18/h8-9,16-19H,4-7,10-15H2,1-3H3/t17-/m0/s1. The lowest BCUT2D eigenvalue weighted by atomic mass is 9.96. The summed E-state index contributed by atoms with van der Waals surface area (Å²) in [5.41, 5.74) is 1.78. The first-order valence-electron chi connectivity index (χ1n) is 11.9. The van der Waals surface area contributed by atoms with Gasteiger partial charge in [0.25, 0.3) is 0 Å². The zero-order chi connectivity index (χ0) is 23.0. The number of carbonyl (C=O) groups is 2. The van der Waals surface area contributed by atoms with E-state index in [2.05, 4.69) is 6.92 Å². The fraction of sp³-hybridized carbons (Fsp3) is 0.667. The van der Waals surface area contributed by atoms with Crippen LogP contribution < -0.4 is 4.90 Å². The Balaban J connectivity index is 1.43. The monoisotopic (exact) mass is 461 g/mol. The van der Waals surface area contributed by atoms with Gasteiger partial charge < -0.3 is 9.80 Å². The van der Waals surface area contributed by atoms with Gasteiger partial charge in [0.2, 0.25) is 21.8 Å². The highest BCUT2D eigenvalue weighted by Gasteiger charge is 2.40. The largest absolute Gasteiger partial charge is 0.346 e. The van der Waals surface area contributed by atoms with Crippen LogP contribution in [-0.2, 0) is 26.0 Å². The Bertz CT molecular complexity index is 981. The van der Waals surface area contributed by atoms with Crippen LogP contribution in [0, 0.1) is 11.8 Å². The van der Waals surface area contributed by atoms with E-state index in [1.165, 1.54) is 4.31 Å². The molecule has 2 fully saturated rings. The van der Waals surface area contributed by atoms with E-state index >= 15 is 0 Å². The molecule has 2 heterocycles. The van der Waals surface area contributed by atoms with Gasteiger partial charge in [0, 0.05) is 50.2 Å². The lowest BCUT2D eigenvalue weighted by Gasteiger charge is -2.32. The van der Waals surface area contributed by atoms with Gasteiger partial charge >= 0.3 is 0 Å². The Morgan fingerprint density at radius 1 is 1.09 bits per heavy atom. The number of nitrogens with zero attached hydrogens (tertiary/aromatic N) is 3. The highest BCUT2D eigenvalue weighted by atomic mass is 32.2. The molecule has 1 atom stereocenters. The van der Waals surface area contributed by atoms with Crippen molar-refractivity contribution in [2.45, 2.75) is 69.7 Å². The van der Waals surface area contributed by atoms with Crippen LogP contribution in [0.2, 0.25) is 0 Å². The average Bonchev–Trinajstić information content (AvgIpc) is 3.58. The molecule has 1 saturated carbocycles. The fourth-order valence-corrected chi connectivity index (χ4v) is 6.46. The van der Waals surface area contributed by atoms with E-state index < -0.39 is 10.0 Å². The van der Waals surface area contributed by atoms with Crippen molar-refractivity contribution in [3.05, 3.63) is 23.8 Å². The second kappa shape index (κ2) is 9.14. The summed E-state index contributed by atoms with van der Waals surface area (Å²) >= 11 is 0. The molecule has 1 aromatic carbocycles. The van der Waals surface area contributed by atoms with E-state index in [-0.39, 0.29) is 34.6 Å². The number of hydrogen-bond acceptors (Lipinski definition) is 4. The van der Waals surface area contributed by atoms with E-state index in [0.717, 1.165) is 43.5 Å². The van der Waals surface area contributed by atoms with E-state index in [0.29, 0.717) is 32.4 Å². The zero-order valence-corrected chi connectivity index (χ0v) is 20.2. The lowest BCUT2D eigenvalue weighted by Crippen LogP contribution is -2.43. The van der Waals surface area contributed by atoms with Crippen molar-refractivity contribution >= 4 is 27.5 Å². The van der Waals surface area contributed by atoms with Crippen molar-refractivity contribution < 1.29 is 18.0 Å². The van der Waals surface area contributed by atoms with Crippen LogP contribution in [-0.4, -0.2) is 62.2 Å². The van der Waals surface area contributed by atoms with Gasteiger partial charge in [0.05, 0.1) is 4.90 Å². The van der Waals surface area contributed by atoms with E-state index in [4.69, 9.17) is 0 Å². The van der Waals surface area contributed by atoms with Crippen molar-refractivity contribution in [2.24, 2.45) is 11.8 Å². The number of hydrogen-bond donors (Lipinski definition) is 0. The van der Waals surface area contributed by atoms with Gasteiger partial charge in [0.1, 0.15) is 0 Å². The van der Waals surface area contributed by atoms with E-state index in [1.54, 1.807) is 23.1 Å². The highest BCUT2D eigenvalue weighted by molar-refractivity contribution is 7.89.